The molecule has 2 aliphatic heterocycles. The molecule has 2 amide bonds. The van der Waals surface area contributed by atoms with E-state index in [1.165, 1.54) is 5.56 Å². The molecule has 0 radical (unpaired) electrons. The number of hydrogen-bond acceptors (Lipinski definition) is 5. The van der Waals surface area contributed by atoms with E-state index in [1.54, 1.807) is 25.4 Å². The van der Waals surface area contributed by atoms with E-state index >= 15 is 0 Å². The van der Waals surface area contributed by atoms with E-state index in [0.717, 1.165) is 77.8 Å². The quantitative estimate of drug-likeness (QED) is 0.405. The predicted octanol–water partition coefficient (Wildman–Crippen LogP) is 5.56. The molecular formula is C31H37N3O4S. The normalized spacial score (nSPS) is 21.5. The minimum absolute atomic E-state index is 0.0191. The predicted molar refractivity (Wildman–Crippen MR) is 154 cm³/mol. The highest BCUT2D eigenvalue weighted by molar-refractivity contribution is 7.13. The van der Waals surface area contributed by atoms with E-state index in [4.69, 9.17) is 9.47 Å². The molecule has 2 unspecified atom stereocenters. The smallest absolute Gasteiger partial charge is 0.270 e. The van der Waals surface area contributed by atoms with Crippen LogP contribution in [0.1, 0.15) is 49.7 Å². The lowest BCUT2D eigenvalue weighted by Gasteiger charge is -2.27. The summed E-state index contributed by atoms with van der Waals surface area (Å²) in [6.45, 7) is 7.94. The lowest BCUT2D eigenvalue weighted by atomic mass is 9.95. The molecule has 3 aromatic rings. The number of benzene rings is 1. The molecule has 2 fully saturated rings. The Labute approximate surface area is 234 Å². The molecule has 0 N–H and O–H groups in total. The van der Waals surface area contributed by atoms with Crippen LogP contribution in [-0.4, -0.2) is 65.6 Å². The lowest BCUT2D eigenvalue weighted by Crippen LogP contribution is -2.36. The van der Waals surface area contributed by atoms with Gasteiger partial charge in [0.15, 0.2) is 11.5 Å². The summed E-state index contributed by atoms with van der Waals surface area (Å²) >= 11 is 1.70. The third-order valence-electron chi connectivity index (χ3n) is 8.77. The minimum atomic E-state index is 0.0191. The zero-order valence-corrected chi connectivity index (χ0v) is 24.2. The molecule has 8 heteroatoms. The van der Waals surface area contributed by atoms with Crippen molar-refractivity contribution >= 4 is 23.2 Å². The van der Waals surface area contributed by atoms with Crippen molar-refractivity contribution in [1.82, 2.24) is 14.4 Å². The summed E-state index contributed by atoms with van der Waals surface area (Å²) in [5.74, 6) is 2.61. The number of rotatable bonds is 6. The van der Waals surface area contributed by atoms with Crippen LogP contribution in [0.3, 0.4) is 0 Å². The van der Waals surface area contributed by atoms with Crippen LogP contribution in [-0.2, 0) is 17.8 Å². The highest BCUT2D eigenvalue weighted by Gasteiger charge is 2.44. The summed E-state index contributed by atoms with van der Waals surface area (Å²) in [5, 5.41) is 2.09. The molecule has 0 spiro atoms. The summed E-state index contributed by atoms with van der Waals surface area (Å²) in [5.41, 5.74) is 5.26. The van der Waals surface area contributed by atoms with Crippen LogP contribution in [0.5, 0.6) is 11.5 Å². The first-order valence-electron chi connectivity index (χ1n) is 13.9. The van der Waals surface area contributed by atoms with Crippen LogP contribution >= 0.6 is 11.3 Å². The van der Waals surface area contributed by atoms with Crippen LogP contribution in [0.15, 0.2) is 35.7 Å². The Morgan fingerprint density at radius 1 is 1.08 bits per heavy atom. The molecule has 39 heavy (non-hydrogen) atoms. The molecule has 1 saturated carbocycles. The number of nitrogens with zero attached hydrogens (tertiary/aromatic N) is 3. The van der Waals surface area contributed by atoms with Crippen molar-refractivity contribution in [3.8, 4) is 33.2 Å². The van der Waals surface area contributed by atoms with Crippen molar-refractivity contribution in [2.75, 3.05) is 27.2 Å². The molecule has 1 aliphatic carbocycles. The number of fused-ring (bicyclic) bond motifs is 4. The summed E-state index contributed by atoms with van der Waals surface area (Å²) in [7, 11) is 3.58. The molecule has 4 heterocycles. The van der Waals surface area contributed by atoms with Crippen molar-refractivity contribution in [2.24, 2.45) is 11.8 Å². The highest BCUT2D eigenvalue weighted by Crippen LogP contribution is 2.46. The average Bonchev–Trinajstić information content (AvgIpc) is 3.69. The number of carbonyl (C=O) groups is 2. The van der Waals surface area contributed by atoms with Crippen molar-refractivity contribution in [2.45, 2.75) is 58.7 Å². The molecule has 7 nitrogen and oxygen atoms in total. The first-order valence-corrected chi connectivity index (χ1v) is 14.8. The molecule has 1 aromatic carbocycles. The number of aromatic nitrogens is 1. The largest absolute Gasteiger partial charge is 0.493 e. The fourth-order valence-electron chi connectivity index (χ4n) is 6.80. The van der Waals surface area contributed by atoms with Crippen molar-refractivity contribution in [3.05, 3.63) is 47.0 Å². The number of carbonyl (C=O) groups excluding carboxylic acids is 2. The number of likely N-dealkylation sites (tertiary alicyclic amines) is 1. The fourth-order valence-corrected chi connectivity index (χ4v) is 7.55. The molecule has 2 aromatic heterocycles. The van der Waals surface area contributed by atoms with Crippen LogP contribution in [0.4, 0.5) is 0 Å². The SMILES string of the molecule is COc1cc2c(cc1OC(C)C)-c1c(-c3cccs3)cc(C(=O)N3CC4CC(N(C)C(C)=O)CC4C3)n1CC2. The van der Waals surface area contributed by atoms with Gasteiger partial charge in [-0.05, 0) is 80.2 Å². The second-order valence-corrected chi connectivity index (χ2v) is 12.4. The maximum absolute atomic E-state index is 14.1. The van der Waals surface area contributed by atoms with Gasteiger partial charge in [-0.3, -0.25) is 9.59 Å². The van der Waals surface area contributed by atoms with Gasteiger partial charge in [0.2, 0.25) is 5.91 Å². The van der Waals surface area contributed by atoms with Crippen molar-refractivity contribution in [1.29, 1.82) is 0 Å². The van der Waals surface area contributed by atoms with Gasteiger partial charge >= 0.3 is 0 Å². The Hall–Kier alpha value is -3.26. The van der Waals surface area contributed by atoms with Crippen LogP contribution in [0.2, 0.25) is 0 Å². The van der Waals surface area contributed by atoms with Gasteiger partial charge in [0.25, 0.3) is 5.91 Å². The number of amides is 2. The van der Waals surface area contributed by atoms with Gasteiger partial charge in [-0.1, -0.05) is 6.07 Å². The van der Waals surface area contributed by atoms with Gasteiger partial charge in [0.1, 0.15) is 5.69 Å². The molecule has 0 bridgehead atoms. The maximum Gasteiger partial charge on any atom is 0.270 e. The first kappa shape index (κ1) is 26.0. The van der Waals surface area contributed by atoms with E-state index in [2.05, 4.69) is 45.2 Å². The Bertz CT molecular complexity index is 1400. The third kappa shape index (κ3) is 4.52. The van der Waals surface area contributed by atoms with Gasteiger partial charge < -0.3 is 23.8 Å². The van der Waals surface area contributed by atoms with Gasteiger partial charge in [0.05, 0.1) is 18.9 Å². The van der Waals surface area contributed by atoms with E-state index < -0.39 is 0 Å². The number of thiophene rings is 1. The fraction of sp³-hybridized carbons (Fsp3) is 0.484. The Balaban J connectivity index is 1.35. The van der Waals surface area contributed by atoms with E-state index in [0.29, 0.717) is 11.8 Å². The number of aryl methyl sites for hydroxylation is 1. The molecule has 6 rings (SSSR count). The summed E-state index contributed by atoms with van der Waals surface area (Å²) < 4.78 is 14.0. The Morgan fingerprint density at radius 3 is 2.44 bits per heavy atom. The Kier molecular flexibility index (Phi) is 6.69. The zero-order chi connectivity index (χ0) is 27.4. The number of hydrogen-bond donors (Lipinski definition) is 0. The number of ether oxygens (including phenoxy) is 2. The van der Waals surface area contributed by atoms with Gasteiger partial charge in [-0.25, -0.2) is 0 Å². The molecular weight excluding hydrogens is 510 g/mol. The van der Waals surface area contributed by atoms with E-state index in [1.807, 2.05) is 25.8 Å². The molecule has 3 aliphatic rings. The van der Waals surface area contributed by atoms with E-state index in [-0.39, 0.29) is 24.0 Å². The topological polar surface area (TPSA) is 64.0 Å². The molecule has 1 saturated heterocycles. The average molecular weight is 548 g/mol. The van der Waals surface area contributed by atoms with Crippen LogP contribution in [0, 0.1) is 11.8 Å². The summed E-state index contributed by atoms with van der Waals surface area (Å²) in [4.78, 5) is 31.1. The van der Waals surface area contributed by atoms with Crippen LogP contribution in [0.25, 0.3) is 21.7 Å². The third-order valence-corrected chi connectivity index (χ3v) is 9.68. The maximum atomic E-state index is 14.1. The van der Waals surface area contributed by atoms with Gasteiger partial charge in [-0.15, -0.1) is 11.3 Å². The second kappa shape index (κ2) is 10.0. The molecule has 2 atom stereocenters. The lowest BCUT2D eigenvalue weighted by molar-refractivity contribution is -0.129. The van der Waals surface area contributed by atoms with Crippen molar-refractivity contribution < 1.29 is 19.1 Å². The monoisotopic (exact) mass is 547 g/mol. The highest BCUT2D eigenvalue weighted by atomic mass is 32.1. The summed E-state index contributed by atoms with van der Waals surface area (Å²) in [6, 6.07) is 10.8. The molecule has 206 valence electrons. The summed E-state index contributed by atoms with van der Waals surface area (Å²) in [6.07, 6.45) is 2.80. The van der Waals surface area contributed by atoms with Gasteiger partial charge in [0, 0.05) is 55.7 Å². The first-order chi connectivity index (χ1) is 18.7. The minimum Gasteiger partial charge on any atom is -0.493 e. The standard InChI is InChI=1S/C31H37N3O4S/c1-18(2)38-28-15-24-20(13-27(28)37-5)8-9-34-26(14-25(30(24)34)29-7-6-10-39-29)31(36)33-16-21-11-23(12-22(21)17-33)32(4)19(3)35/h6-7,10,13-15,18,21-23H,8-9,11-12,16-17H2,1-5H3. The zero-order valence-electron chi connectivity index (χ0n) is 23.4. The van der Waals surface area contributed by atoms with Crippen LogP contribution < -0.4 is 9.47 Å². The number of methoxy groups -OCH3 is 1. The van der Waals surface area contributed by atoms with E-state index in [9.17, 15) is 9.59 Å². The second-order valence-electron chi connectivity index (χ2n) is 11.5. The Morgan fingerprint density at radius 2 is 1.82 bits per heavy atom. The van der Waals surface area contributed by atoms with Crippen molar-refractivity contribution in [3.63, 3.8) is 0 Å². The van der Waals surface area contributed by atoms with Gasteiger partial charge in [-0.2, -0.15) is 0 Å².